The van der Waals surface area contributed by atoms with Crippen molar-refractivity contribution in [3.8, 4) is 0 Å². The fraction of sp³-hybridized carbons (Fsp3) is 0.625. The van der Waals surface area contributed by atoms with Crippen LogP contribution < -0.4 is 5.32 Å². The van der Waals surface area contributed by atoms with Gasteiger partial charge in [0.1, 0.15) is 0 Å². The molecule has 2 nitrogen and oxygen atoms in total. The second-order valence-corrected chi connectivity index (χ2v) is 6.22. The quantitative estimate of drug-likeness (QED) is 0.916. The van der Waals surface area contributed by atoms with E-state index in [-0.39, 0.29) is 12.4 Å². The van der Waals surface area contributed by atoms with Crippen LogP contribution in [-0.4, -0.2) is 37.6 Å². The molecule has 19 heavy (non-hydrogen) atoms. The Hall–Kier alpha value is -0.570. The van der Waals surface area contributed by atoms with E-state index in [0.717, 1.165) is 0 Å². The highest BCUT2D eigenvalue weighted by molar-refractivity contribution is 5.85. The van der Waals surface area contributed by atoms with Gasteiger partial charge in [-0.15, -0.1) is 12.4 Å². The van der Waals surface area contributed by atoms with Crippen LogP contribution >= 0.6 is 12.4 Å². The Morgan fingerprint density at radius 3 is 2.74 bits per heavy atom. The van der Waals surface area contributed by atoms with E-state index in [4.69, 9.17) is 0 Å². The first-order valence-corrected chi connectivity index (χ1v) is 7.25. The molecule has 2 fully saturated rings. The first-order chi connectivity index (χ1) is 8.77. The average molecular weight is 281 g/mol. The molecule has 1 spiro atoms. The van der Waals surface area contributed by atoms with Gasteiger partial charge in [0, 0.05) is 19.6 Å². The van der Waals surface area contributed by atoms with Gasteiger partial charge in [-0.1, -0.05) is 37.3 Å². The average Bonchev–Trinajstić information content (AvgIpc) is 3.02. The summed E-state index contributed by atoms with van der Waals surface area (Å²) in [6.07, 6.45) is 2.77. The Balaban J connectivity index is 0.00000133. The predicted octanol–water partition coefficient (Wildman–Crippen LogP) is 2.90. The van der Waals surface area contributed by atoms with E-state index in [1.54, 1.807) is 0 Å². The summed E-state index contributed by atoms with van der Waals surface area (Å²) in [6.45, 7) is 8.63. The molecule has 3 heteroatoms. The maximum atomic E-state index is 3.53. The van der Waals surface area contributed by atoms with Crippen LogP contribution in [-0.2, 0) is 0 Å². The smallest absolute Gasteiger partial charge is 0.00513 e. The number of hydrogen-bond donors (Lipinski definition) is 1. The molecule has 1 aromatic rings. The predicted molar refractivity (Wildman–Crippen MR) is 83.1 cm³/mol. The number of nitrogens with zero attached hydrogens (tertiary/aromatic N) is 1. The van der Waals surface area contributed by atoms with E-state index in [1.807, 2.05) is 0 Å². The van der Waals surface area contributed by atoms with Gasteiger partial charge in [-0.05, 0) is 42.8 Å². The van der Waals surface area contributed by atoms with Crippen molar-refractivity contribution in [1.82, 2.24) is 10.2 Å². The van der Waals surface area contributed by atoms with Crippen LogP contribution in [0.2, 0.25) is 0 Å². The van der Waals surface area contributed by atoms with E-state index < -0.39 is 0 Å². The summed E-state index contributed by atoms with van der Waals surface area (Å²) in [4.78, 5) is 2.67. The van der Waals surface area contributed by atoms with Crippen LogP contribution in [0.4, 0.5) is 0 Å². The normalized spacial score (nSPS) is 28.5. The summed E-state index contributed by atoms with van der Waals surface area (Å²) in [6, 6.07) is 10.9. The maximum absolute atomic E-state index is 3.53. The fourth-order valence-electron chi connectivity index (χ4n) is 3.60. The molecular weight excluding hydrogens is 256 g/mol. The number of rotatable bonds is 3. The Morgan fingerprint density at radius 2 is 2.05 bits per heavy atom. The van der Waals surface area contributed by atoms with Crippen molar-refractivity contribution in [3.63, 3.8) is 0 Å². The molecule has 0 bridgehead atoms. The molecule has 2 atom stereocenters. The van der Waals surface area contributed by atoms with Crippen molar-refractivity contribution in [2.75, 3.05) is 32.7 Å². The van der Waals surface area contributed by atoms with Gasteiger partial charge in [-0.25, -0.2) is 0 Å². The second-order valence-electron chi connectivity index (χ2n) is 6.22. The van der Waals surface area contributed by atoms with Crippen LogP contribution in [0.15, 0.2) is 30.3 Å². The zero-order chi connectivity index (χ0) is 12.4. The molecular formula is C16H25ClN2. The topological polar surface area (TPSA) is 15.3 Å². The lowest BCUT2D eigenvalue weighted by atomic mass is 9.86. The molecule has 0 radical (unpaired) electrons. The van der Waals surface area contributed by atoms with Gasteiger partial charge in [-0.3, -0.25) is 0 Å². The van der Waals surface area contributed by atoms with Crippen LogP contribution in [0.25, 0.3) is 0 Å². The Morgan fingerprint density at radius 1 is 1.26 bits per heavy atom. The van der Waals surface area contributed by atoms with Crippen molar-refractivity contribution < 1.29 is 0 Å². The molecule has 3 rings (SSSR count). The zero-order valence-corrected chi connectivity index (χ0v) is 12.6. The number of hydrogen-bond acceptors (Lipinski definition) is 2. The van der Waals surface area contributed by atoms with Gasteiger partial charge in [0.25, 0.3) is 0 Å². The molecule has 2 heterocycles. The Labute approximate surface area is 123 Å². The van der Waals surface area contributed by atoms with Crippen LogP contribution in [0.5, 0.6) is 0 Å². The van der Waals surface area contributed by atoms with E-state index >= 15 is 0 Å². The van der Waals surface area contributed by atoms with Crippen LogP contribution in [0, 0.1) is 5.41 Å². The van der Waals surface area contributed by atoms with Crippen molar-refractivity contribution in [3.05, 3.63) is 35.9 Å². The lowest BCUT2D eigenvalue weighted by Gasteiger charge is -2.25. The third-order valence-electron chi connectivity index (χ3n) is 4.75. The highest BCUT2D eigenvalue weighted by atomic mass is 35.5. The van der Waals surface area contributed by atoms with Crippen molar-refractivity contribution in [1.29, 1.82) is 0 Å². The number of benzene rings is 1. The third-order valence-corrected chi connectivity index (χ3v) is 4.75. The molecule has 2 unspecified atom stereocenters. The van der Waals surface area contributed by atoms with E-state index in [2.05, 4.69) is 47.5 Å². The molecule has 0 saturated carbocycles. The Bertz CT molecular complexity index is 387. The summed E-state index contributed by atoms with van der Waals surface area (Å²) >= 11 is 0. The molecule has 106 valence electrons. The minimum Gasteiger partial charge on any atom is -0.316 e. The summed E-state index contributed by atoms with van der Waals surface area (Å²) in [7, 11) is 0. The second kappa shape index (κ2) is 6.25. The maximum Gasteiger partial charge on any atom is 0.00513 e. The number of likely N-dealkylation sites (tertiary alicyclic amines) is 1. The number of halogens is 1. The van der Waals surface area contributed by atoms with Crippen molar-refractivity contribution in [2.24, 2.45) is 5.41 Å². The number of nitrogens with one attached hydrogen (secondary N) is 1. The highest BCUT2D eigenvalue weighted by Crippen LogP contribution is 2.36. The minimum absolute atomic E-state index is 0. The third kappa shape index (κ3) is 3.31. The molecule has 1 aromatic carbocycles. The molecule has 0 aliphatic carbocycles. The van der Waals surface area contributed by atoms with Gasteiger partial charge in [0.15, 0.2) is 0 Å². The lowest BCUT2D eigenvalue weighted by Crippen LogP contribution is -2.31. The molecule has 2 saturated heterocycles. The van der Waals surface area contributed by atoms with Crippen molar-refractivity contribution in [2.45, 2.75) is 25.7 Å². The monoisotopic (exact) mass is 280 g/mol. The van der Waals surface area contributed by atoms with E-state index in [1.165, 1.54) is 51.1 Å². The first-order valence-electron chi connectivity index (χ1n) is 7.25. The molecule has 2 aliphatic heterocycles. The first kappa shape index (κ1) is 14.8. The molecule has 0 aromatic heterocycles. The van der Waals surface area contributed by atoms with Gasteiger partial charge < -0.3 is 10.2 Å². The largest absolute Gasteiger partial charge is 0.316 e. The Kier molecular flexibility index (Phi) is 4.88. The summed E-state index contributed by atoms with van der Waals surface area (Å²) in [5, 5.41) is 3.53. The highest BCUT2D eigenvalue weighted by Gasteiger charge is 2.40. The summed E-state index contributed by atoms with van der Waals surface area (Å²) < 4.78 is 0. The van der Waals surface area contributed by atoms with E-state index in [9.17, 15) is 0 Å². The van der Waals surface area contributed by atoms with Gasteiger partial charge in [0.2, 0.25) is 0 Å². The van der Waals surface area contributed by atoms with Crippen LogP contribution in [0.3, 0.4) is 0 Å². The van der Waals surface area contributed by atoms with Crippen molar-refractivity contribution >= 4 is 12.4 Å². The minimum atomic E-state index is 0. The van der Waals surface area contributed by atoms with Crippen LogP contribution in [0.1, 0.15) is 31.2 Å². The molecule has 2 aliphatic rings. The molecule has 0 amide bonds. The lowest BCUT2D eigenvalue weighted by molar-refractivity contribution is 0.265. The molecule has 1 N–H and O–H groups in total. The summed E-state index contributed by atoms with van der Waals surface area (Å²) in [5.74, 6) is 0.649. The van der Waals surface area contributed by atoms with E-state index in [0.29, 0.717) is 11.3 Å². The van der Waals surface area contributed by atoms with Gasteiger partial charge in [-0.2, -0.15) is 0 Å². The van der Waals surface area contributed by atoms with Gasteiger partial charge >= 0.3 is 0 Å². The zero-order valence-electron chi connectivity index (χ0n) is 11.8. The fourth-order valence-corrected chi connectivity index (χ4v) is 3.60. The SMILES string of the molecule is CC(CN1CCC2(CCNC2)C1)c1ccccc1.Cl. The summed E-state index contributed by atoms with van der Waals surface area (Å²) in [5.41, 5.74) is 2.08. The standard InChI is InChI=1S/C16H24N2.ClH/c1-14(15-5-3-2-4-6-15)11-18-10-8-16(13-18)7-9-17-12-16;/h2-6,14,17H,7-13H2,1H3;1H. The van der Waals surface area contributed by atoms with Gasteiger partial charge in [0.05, 0.1) is 0 Å².